The van der Waals surface area contributed by atoms with E-state index in [0.29, 0.717) is 17.9 Å². The highest BCUT2D eigenvalue weighted by molar-refractivity contribution is 6.07. The fourth-order valence-electron chi connectivity index (χ4n) is 3.79. The van der Waals surface area contributed by atoms with Crippen LogP contribution in [0.2, 0.25) is 0 Å². The number of benzene rings is 1. The van der Waals surface area contributed by atoms with Crippen LogP contribution in [0.1, 0.15) is 47.6 Å². The second-order valence-electron chi connectivity index (χ2n) is 6.59. The number of carbonyl (C=O) groups is 1. The smallest absolute Gasteiger partial charge is 0.258 e. The van der Waals surface area contributed by atoms with Crippen LogP contribution in [0.4, 0.5) is 0 Å². The molecule has 0 N–H and O–H groups in total. The second kappa shape index (κ2) is 6.35. The molecule has 2 aromatic heterocycles. The number of carbonyl (C=O) groups excluding carboxylic acids is 1. The van der Waals surface area contributed by atoms with E-state index >= 15 is 0 Å². The van der Waals surface area contributed by atoms with Crippen molar-refractivity contribution in [2.24, 2.45) is 0 Å². The Hall–Kier alpha value is -2.63. The minimum Gasteiger partial charge on any atom is -0.461 e. The lowest BCUT2D eigenvalue weighted by Crippen LogP contribution is -2.40. The molecule has 25 heavy (non-hydrogen) atoms. The average Bonchev–Trinajstić information content (AvgIpc) is 3.24. The Balaban J connectivity index is 1.63. The Morgan fingerprint density at radius 2 is 2.20 bits per heavy atom. The Labute approximate surface area is 146 Å². The molecule has 6 nitrogen and oxygen atoms in total. The number of rotatable bonds is 3. The van der Waals surface area contributed by atoms with Crippen molar-refractivity contribution in [2.75, 3.05) is 13.1 Å². The van der Waals surface area contributed by atoms with Crippen LogP contribution in [0.25, 0.3) is 11.0 Å². The molecule has 1 amide bonds. The van der Waals surface area contributed by atoms with Gasteiger partial charge in [-0.05, 0) is 32.8 Å². The van der Waals surface area contributed by atoms with E-state index in [2.05, 4.69) is 21.7 Å². The number of fused-ring (bicyclic) bond motifs is 1. The van der Waals surface area contributed by atoms with Crippen molar-refractivity contribution in [3.8, 4) is 0 Å². The summed E-state index contributed by atoms with van der Waals surface area (Å²) < 4.78 is 7.84. The molecule has 1 aromatic carbocycles. The van der Waals surface area contributed by atoms with Gasteiger partial charge in [-0.3, -0.25) is 4.79 Å². The topological polar surface area (TPSA) is 64.2 Å². The summed E-state index contributed by atoms with van der Waals surface area (Å²) in [5, 5.41) is 9.22. The van der Waals surface area contributed by atoms with Gasteiger partial charge in [-0.2, -0.15) is 0 Å². The highest BCUT2D eigenvalue weighted by Crippen LogP contribution is 2.30. The van der Waals surface area contributed by atoms with E-state index in [-0.39, 0.29) is 11.8 Å². The van der Waals surface area contributed by atoms with Crippen LogP contribution >= 0.6 is 0 Å². The van der Waals surface area contributed by atoms with Gasteiger partial charge in [0, 0.05) is 30.9 Å². The lowest BCUT2D eigenvalue weighted by molar-refractivity contribution is 0.0703. The molecule has 3 aromatic rings. The third kappa shape index (κ3) is 2.71. The molecule has 0 saturated carbocycles. The molecular weight excluding hydrogens is 316 g/mol. The number of hydrogen-bond donors (Lipinski definition) is 0. The van der Waals surface area contributed by atoms with Crippen molar-refractivity contribution in [3.63, 3.8) is 0 Å². The summed E-state index contributed by atoms with van der Waals surface area (Å²) >= 11 is 0. The quantitative estimate of drug-likeness (QED) is 0.734. The second-order valence-corrected chi connectivity index (χ2v) is 6.59. The van der Waals surface area contributed by atoms with Crippen LogP contribution in [-0.4, -0.2) is 38.7 Å². The molecule has 0 spiro atoms. The third-order valence-electron chi connectivity index (χ3n) is 5.05. The van der Waals surface area contributed by atoms with Crippen molar-refractivity contribution in [2.45, 2.75) is 39.2 Å². The zero-order valence-electron chi connectivity index (χ0n) is 14.6. The van der Waals surface area contributed by atoms with Gasteiger partial charge in [0.15, 0.2) is 0 Å². The van der Waals surface area contributed by atoms with Gasteiger partial charge in [-0.25, -0.2) is 0 Å². The van der Waals surface area contributed by atoms with Crippen molar-refractivity contribution < 1.29 is 9.21 Å². The molecule has 0 aliphatic carbocycles. The average molecular weight is 338 g/mol. The molecule has 4 rings (SSSR count). The van der Waals surface area contributed by atoms with E-state index in [0.717, 1.165) is 42.7 Å². The molecule has 1 aliphatic rings. The van der Waals surface area contributed by atoms with Gasteiger partial charge in [0.2, 0.25) is 0 Å². The first kappa shape index (κ1) is 15.9. The van der Waals surface area contributed by atoms with E-state index in [4.69, 9.17) is 4.42 Å². The monoisotopic (exact) mass is 338 g/mol. The number of hydrogen-bond acceptors (Lipinski definition) is 4. The molecule has 1 atom stereocenters. The summed E-state index contributed by atoms with van der Waals surface area (Å²) in [4.78, 5) is 15.1. The van der Waals surface area contributed by atoms with E-state index in [1.807, 2.05) is 36.1 Å². The summed E-state index contributed by atoms with van der Waals surface area (Å²) in [6.07, 6.45) is 3.78. The zero-order valence-corrected chi connectivity index (χ0v) is 14.6. The molecule has 0 unspecified atom stereocenters. The first-order valence-corrected chi connectivity index (χ1v) is 8.84. The number of nitrogens with zero attached hydrogens (tertiary/aromatic N) is 4. The molecule has 1 fully saturated rings. The van der Waals surface area contributed by atoms with Gasteiger partial charge >= 0.3 is 0 Å². The fourth-order valence-corrected chi connectivity index (χ4v) is 3.79. The number of aromatic nitrogens is 3. The van der Waals surface area contributed by atoms with E-state index in [9.17, 15) is 4.79 Å². The zero-order chi connectivity index (χ0) is 17.4. The number of likely N-dealkylation sites (tertiary alicyclic amines) is 1. The van der Waals surface area contributed by atoms with Gasteiger partial charge in [0.05, 0.1) is 5.56 Å². The van der Waals surface area contributed by atoms with Crippen molar-refractivity contribution in [1.29, 1.82) is 0 Å². The minimum atomic E-state index is 0.0507. The molecule has 1 saturated heterocycles. The Morgan fingerprint density at radius 3 is 3.04 bits per heavy atom. The standard InChI is InChI=1S/C19H22N4O2/c1-3-22-12-20-21-18(22)14-7-6-10-23(11-14)19(24)17-13(2)25-16-9-5-4-8-15(16)17/h4-5,8-9,12,14H,3,6-7,10-11H2,1-2H3/t14-/m0/s1. The number of piperidine rings is 1. The molecule has 1 aliphatic heterocycles. The summed E-state index contributed by atoms with van der Waals surface area (Å²) in [6.45, 7) is 6.24. The number of furan rings is 1. The number of amides is 1. The molecule has 3 heterocycles. The summed E-state index contributed by atoms with van der Waals surface area (Å²) in [6, 6.07) is 7.72. The molecule has 0 bridgehead atoms. The van der Waals surface area contributed by atoms with Gasteiger partial charge in [0.25, 0.3) is 5.91 Å². The fraction of sp³-hybridized carbons (Fsp3) is 0.421. The first-order valence-electron chi connectivity index (χ1n) is 8.84. The van der Waals surface area contributed by atoms with Gasteiger partial charge in [-0.15, -0.1) is 10.2 Å². The van der Waals surface area contributed by atoms with Crippen molar-refractivity contribution >= 4 is 16.9 Å². The van der Waals surface area contributed by atoms with Crippen LogP contribution < -0.4 is 0 Å². The number of aryl methyl sites for hydroxylation is 2. The first-order chi connectivity index (χ1) is 12.2. The maximum Gasteiger partial charge on any atom is 0.258 e. The minimum absolute atomic E-state index is 0.0507. The SMILES string of the molecule is CCn1cnnc1[C@H]1CCCN(C(=O)c2c(C)oc3ccccc23)C1. The van der Waals surface area contributed by atoms with Crippen molar-refractivity contribution in [3.05, 3.63) is 47.7 Å². The molecule has 0 radical (unpaired) electrons. The normalized spacial score (nSPS) is 18.0. The van der Waals surface area contributed by atoms with Crippen LogP contribution in [0.3, 0.4) is 0 Å². The summed E-state index contributed by atoms with van der Waals surface area (Å²) in [5.74, 6) is 1.95. The summed E-state index contributed by atoms with van der Waals surface area (Å²) in [5.41, 5.74) is 1.45. The lowest BCUT2D eigenvalue weighted by atomic mass is 9.96. The van der Waals surface area contributed by atoms with Crippen LogP contribution in [0.5, 0.6) is 0 Å². The largest absolute Gasteiger partial charge is 0.461 e. The van der Waals surface area contributed by atoms with Crippen LogP contribution in [-0.2, 0) is 6.54 Å². The van der Waals surface area contributed by atoms with E-state index in [1.165, 1.54) is 0 Å². The van der Waals surface area contributed by atoms with E-state index in [1.54, 1.807) is 6.33 Å². The van der Waals surface area contributed by atoms with Gasteiger partial charge in [0.1, 0.15) is 23.5 Å². The maximum atomic E-state index is 13.2. The molecule has 130 valence electrons. The number of para-hydroxylation sites is 1. The highest BCUT2D eigenvalue weighted by Gasteiger charge is 2.30. The lowest BCUT2D eigenvalue weighted by Gasteiger charge is -2.32. The van der Waals surface area contributed by atoms with E-state index < -0.39 is 0 Å². The predicted octanol–water partition coefficient (Wildman–Crippen LogP) is 3.37. The molecule has 6 heteroatoms. The van der Waals surface area contributed by atoms with Crippen LogP contribution in [0.15, 0.2) is 35.0 Å². The Kier molecular flexibility index (Phi) is 4.03. The highest BCUT2D eigenvalue weighted by atomic mass is 16.3. The Morgan fingerprint density at radius 1 is 1.36 bits per heavy atom. The summed E-state index contributed by atoms with van der Waals surface area (Å²) in [7, 11) is 0. The third-order valence-corrected chi connectivity index (χ3v) is 5.05. The van der Waals surface area contributed by atoms with Crippen LogP contribution in [0, 0.1) is 6.92 Å². The molecular formula is C19H22N4O2. The van der Waals surface area contributed by atoms with Gasteiger partial charge < -0.3 is 13.9 Å². The maximum absolute atomic E-state index is 13.2. The Bertz CT molecular complexity index is 911. The van der Waals surface area contributed by atoms with Gasteiger partial charge in [-0.1, -0.05) is 18.2 Å². The van der Waals surface area contributed by atoms with Crippen molar-refractivity contribution in [1.82, 2.24) is 19.7 Å². The predicted molar refractivity (Wildman–Crippen MR) is 94.5 cm³/mol.